The highest BCUT2D eigenvalue weighted by Gasteiger charge is 2.00. The molecule has 0 saturated carbocycles. The minimum absolute atomic E-state index is 0.0312. The predicted octanol–water partition coefficient (Wildman–Crippen LogP) is 2.91. The van der Waals surface area contributed by atoms with Gasteiger partial charge in [-0.05, 0) is 18.2 Å². The van der Waals surface area contributed by atoms with E-state index in [9.17, 15) is 4.79 Å². The summed E-state index contributed by atoms with van der Waals surface area (Å²) in [7, 11) is 0. The summed E-state index contributed by atoms with van der Waals surface area (Å²) in [5, 5.41) is 0. The Balaban J connectivity index is 1.99. The van der Waals surface area contributed by atoms with Gasteiger partial charge in [-0.25, -0.2) is 0 Å². The second-order valence-electron chi connectivity index (χ2n) is 4.32. The van der Waals surface area contributed by atoms with Crippen molar-refractivity contribution in [2.45, 2.75) is 13.0 Å². The molecule has 0 saturated heterocycles. The van der Waals surface area contributed by atoms with Gasteiger partial charge in [-0.1, -0.05) is 30.0 Å². The first-order chi connectivity index (χ1) is 10.3. The molecule has 0 radical (unpaired) electrons. The van der Waals surface area contributed by atoms with Crippen LogP contribution in [0.3, 0.4) is 0 Å². The van der Waals surface area contributed by atoms with Crippen LogP contribution in [-0.2, 0) is 6.54 Å². The lowest BCUT2D eigenvalue weighted by atomic mass is 10.2. The monoisotopic (exact) mass is 301 g/mol. The number of nitrogens with zero attached hydrogens (tertiary/aromatic N) is 1. The lowest BCUT2D eigenvalue weighted by molar-refractivity contribution is 0.295. The summed E-state index contributed by atoms with van der Waals surface area (Å²) in [6.45, 7) is 0.918. The fraction of sp³-hybridized carbons (Fsp3) is 0.235. The molecule has 1 aromatic carbocycles. The molecule has 2 rings (SSSR count). The van der Waals surface area contributed by atoms with Crippen LogP contribution in [-0.4, -0.2) is 17.1 Å². The third-order valence-electron chi connectivity index (χ3n) is 2.82. The fourth-order valence-corrected chi connectivity index (χ4v) is 1.89. The zero-order valence-corrected chi connectivity index (χ0v) is 12.3. The van der Waals surface area contributed by atoms with Crippen molar-refractivity contribution in [2.75, 3.05) is 12.5 Å². The van der Waals surface area contributed by atoms with Gasteiger partial charge in [-0.2, -0.15) is 0 Å². The lowest BCUT2D eigenvalue weighted by Gasteiger charge is -2.09. The largest absolute Gasteiger partial charge is 0.490 e. The van der Waals surface area contributed by atoms with Crippen LogP contribution >= 0.6 is 11.6 Å². The van der Waals surface area contributed by atoms with E-state index in [2.05, 4.69) is 11.8 Å². The molecule has 0 aliphatic rings. The van der Waals surface area contributed by atoms with E-state index < -0.39 is 0 Å². The zero-order chi connectivity index (χ0) is 14.9. The molecular weight excluding hydrogens is 286 g/mol. The molecule has 0 fully saturated rings. The van der Waals surface area contributed by atoms with Gasteiger partial charge < -0.3 is 9.30 Å². The number of halogens is 1. The van der Waals surface area contributed by atoms with Crippen LogP contribution in [0.1, 0.15) is 12.0 Å². The van der Waals surface area contributed by atoms with E-state index in [1.807, 2.05) is 30.3 Å². The Morgan fingerprint density at radius 3 is 2.76 bits per heavy atom. The number of ether oxygens (including phenoxy) is 1. The van der Waals surface area contributed by atoms with Gasteiger partial charge >= 0.3 is 0 Å². The SMILES string of the molecule is O=c1ccccn1CCOc1ccccc1C#CCCCl. The highest BCUT2D eigenvalue weighted by molar-refractivity contribution is 6.18. The van der Waals surface area contributed by atoms with Crippen molar-refractivity contribution >= 4 is 11.6 Å². The van der Waals surface area contributed by atoms with E-state index in [-0.39, 0.29) is 5.56 Å². The molecule has 0 amide bonds. The molecule has 0 bridgehead atoms. The first-order valence-corrected chi connectivity index (χ1v) is 7.27. The van der Waals surface area contributed by atoms with E-state index in [1.54, 1.807) is 16.8 Å². The summed E-state index contributed by atoms with van der Waals surface area (Å²) < 4.78 is 7.34. The molecule has 0 unspecified atom stereocenters. The van der Waals surface area contributed by atoms with Gasteiger partial charge in [0.2, 0.25) is 0 Å². The molecule has 0 spiro atoms. The topological polar surface area (TPSA) is 31.2 Å². The molecule has 21 heavy (non-hydrogen) atoms. The van der Waals surface area contributed by atoms with Crippen molar-refractivity contribution < 1.29 is 4.74 Å². The second kappa shape index (κ2) is 8.18. The third kappa shape index (κ3) is 4.70. The molecule has 0 atom stereocenters. The zero-order valence-electron chi connectivity index (χ0n) is 11.6. The molecule has 1 aromatic heterocycles. The Hall–Kier alpha value is -2.18. The van der Waals surface area contributed by atoms with Crippen LogP contribution in [0.25, 0.3) is 0 Å². The Morgan fingerprint density at radius 1 is 1.14 bits per heavy atom. The van der Waals surface area contributed by atoms with Gasteiger partial charge in [0.1, 0.15) is 12.4 Å². The maximum absolute atomic E-state index is 11.6. The quantitative estimate of drug-likeness (QED) is 0.628. The second-order valence-corrected chi connectivity index (χ2v) is 4.70. The number of para-hydroxylation sites is 1. The van der Waals surface area contributed by atoms with Gasteiger partial charge in [-0.15, -0.1) is 11.6 Å². The van der Waals surface area contributed by atoms with E-state index in [0.717, 1.165) is 11.3 Å². The smallest absolute Gasteiger partial charge is 0.250 e. The molecule has 0 N–H and O–H groups in total. The summed E-state index contributed by atoms with van der Waals surface area (Å²) in [6.07, 6.45) is 2.40. The van der Waals surface area contributed by atoms with Gasteiger partial charge in [0.25, 0.3) is 5.56 Å². The van der Waals surface area contributed by atoms with Gasteiger partial charge in [0.05, 0.1) is 12.1 Å². The number of pyridine rings is 1. The van der Waals surface area contributed by atoms with Crippen molar-refractivity contribution in [2.24, 2.45) is 0 Å². The number of alkyl halides is 1. The minimum atomic E-state index is -0.0312. The van der Waals surface area contributed by atoms with E-state index in [0.29, 0.717) is 25.5 Å². The van der Waals surface area contributed by atoms with E-state index in [4.69, 9.17) is 16.3 Å². The van der Waals surface area contributed by atoms with Crippen LogP contribution in [0.4, 0.5) is 0 Å². The molecule has 0 aliphatic carbocycles. The van der Waals surface area contributed by atoms with E-state index in [1.165, 1.54) is 6.07 Å². The van der Waals surface area contributed by atoms with Crippen LogP contribution in [0.2, 0.25) is 0 Å². The van der Waals surface area contributed by atoms with Gasteiger partial charge in [-0.3, -0.25) is 4.79 Å². The van der Waals surface area contributed by atoms with Crippen molar-refractivity contribution in [1.82, 2.24) is 4.57 Å². The Kier molecular flexibility index (Phi) is 5.93. The highest BCUT2D eigenvalue weighted by atomic mass is 35.5. The van der Waals surface area contributed by atoms with Gasteiger partial charge in [0.15, 0.2) is 0 Å². The average molecular weight is 302 g/mol. The number of rotatable bonds is 5. The summed E-state index contributed by atoms with van der Waals surface area (Å²) in [5.41, 5.74) is 0.805. The Morgan fingerprint density at radius 2 is 1.95 bits per heavy atom. The summed E-state index contributed by atoms with van der Waals surface area (Å²) in [6, 6.07) is 12.7. The van der Waals surface area contributed by atoms with Crippen molar-refractivity contribution in [1.29, 1.82) is 0 Å². The molecule has 3 nitrogen and oxygen atoms in total. The third-order valence-corrected chi connectivity index (χ3v) is 3.01. The molecular formula is C17H16ClNO2. The van der Waals surface area contributed by atoms with Crippen molar-refractivity contribution in [3.8, 4) is 17.6 Å². The Labute approximate surface area is 129 Å². The van der Waals surface area contributed by atoms with Crippen LogP contribution in [0.5, 0.6) is 5.75 Å². The molecule has 1 heterocycles. The van der Waals surface area contributed by atoms with Crippen LogP contribution in [0.15, 0.2) is 53.5 Å². The summed E-state index contributed by atoms with van der Waals surface area (Å²) in [4.78, 5) is 11.6. The first kappa shape index (κ1) is 15.2. The van der Waals surface area contributed by atoms with Crippen molar-refractivity contribution in [3.05, 3.63) is 64.6 Å². The maximum Gasteiger partial charge on any atom is 0.250 e. The summed E-state index contributed by atoms with van der Waals surface area (Å²) >= 11 is 5.61. The number of hydrogen-bond donors (Lipinski definition) is 0. The fourth-order valence-electron chi connectivity index (χ4n) is 1.80. The average Bonchev–Trinajstić information content (AvgIpc) is 2.51. The summed E-state index contributed by atoms with van der Waals surface area (Å²) in [5.74, 6) is 7.28. The predicted molar refractivity (Wildman–Crippen MR) is 84.9 cm³/mol. The minimum Gasteiger partial charge on any atom is -0.490 e. The molecule has 2 aromatic rings. The first-order valence-electron chi connectivity index (χ1n) is 6.73. The highest BCUT2D eigenvalue weighted by Crippen LogP contribution is 2.16. The normalized spacial score (nSPS) is 9.76. The number of benzene rings is 1. The Bertz CT molecular complexity index is 697. The standard InChI is InChI=1S/C17H16ClNO2/c18-11-5-3-8-15-7-1-2-9-16(15)21-14-13-19-12-6-4-10-17(19)20/h1-2,4,6-7,9-10,12H,5,11,13-14H2. The number of aromatic nitrogens is 1. The van der Waals surface area contributed by atoms with Crippen molar-refractivity contribution in [3.63, 3.8) is 0 Å². The van der Waals surface area contributed by atoms with Gasteiger partial charge in [0, 0.05) is 24.6 Å². The number of hydrogen-bond acceptors (Lipinski definition) is 2. The van der Waals surface area contributed by atoms with Crippen LogP contribution in [0, 0.1) is 11.8 Å². The molecule has 108 valence electrons. The van der Waals surface area contributed by atoms with Crippen LogP contribution < -0.4 is 10.3 Å². The molecule has 0 aliphatic heterocycles. The maximum atomic E-state index is 11.6. The van der Waals surface area contributed by atoms with E-state index >= 15 is 0 Å². The lowest BCUT2D eigenvalue weighted by Crippen LogP contribution is -2.21. The molecule has 4 heteroatoms.